The Hall–Kier alpha value is -5.83. The number of carbonyl (C=O) groups excluding carboxylic acids is 2. The number of aliphatic imine (C=N–C) groups is 1. The van der Waals surface area contributed by atoms with Gasteiger partial charge in [-0.15, -0.1) is 24.0 Å². The van der Waals surface area contributed by atoms with E-state index in [1.165, 1.54) is 55.5 Å². The molecule has 0 radical (unpaired) electrons. The van der Waals surface area contributed by atoms with E-state index >= 15 is 0 Å². The number of carbonyl (C=O) groups is 3. The first-order valence-electron chi connectivity index (χ1n) is 16.6. The van der Waals surface area contributed by atoms with Crippen molar-refractivity contribution < 1.29 is 65.5 Å². The molecule has 0 saturated carbocycles. The van der Waals surface area contributed by atoms with Crippen LogP contribution >= 0.6 is 24.0 Å². The SMILES string of the molecule is C.CCOC(=O)C(C)=NCc1cccc(F)c1F.CCOC(=O)c1cc2ccc(F)c(F)c2[nH]1.I.NCc1cccc(F)c1F.O=C(O)c1cc2ccc(F)c(F)c2[nH]1.[HH]. The number of hydrogen-bond donors (Lipinski definition) is 4. The highest BCUT2D eigenvalue weighted by Gasteiger charge is 2.16. The largest absolute Gasteiger partial charge is 0.477 e. The van der Waals surface area contributed by atoms with Gasteiger partial charge in [-0.05, 0) is 69.3 Å². The minimum absolute atomic E-state index is 0. The number of esters is 2. The number of halogens is 9. The smallest absolute Gasteiger partial charge is 0.354 e. The van der Waals surface area contributed by atoms with E-state index in [2.05, 4.69) is 15.0 Å². The quantitative estimate of drug-likeness (QED) is 0.0511. The molecule has 10 nitrogen and oxygen atoms in total. The maximum atomic E-state index is 13.3. The van der Waals surface area contributed by atoms with E-state index in [9.17, 15) is 49.5 Å². The Labute approximate surface area is 350 Å². The number of nitrogens with zero attached hydrogens (tertiary/aromatic N) is 1. The highest BCUT2D eigenvalue weighted by Crippen LogP contribution is 2.22. The lowest BCUT2D eigenvalue weighted by atomic mass is 10.2. The molecule has 0 spiro atoms. The minimum atomic E-state index is -1.21. The van der Waals surface area contributed by atoms with Crippen LogP contribution in [0.1, 0.15) is 61.7 Å². The molecule has 6 rings (SSSR count). The molecule has 0 amide bonds. The predicted molar refractivity (Wildman–Crippen MR) is 218 cm³/mol. The lowest BCUT2D eigenvalue weighted by Gasteiger charge is -2.02. The summed E-state index contributed by atoms with van der Waals surface area (Å²) >= 11 is 0. The number of rotatable bonds is 8. The average Bonchev–Trinajstić information content (AvgIpc) is 3.84. The molecule has 0 aliphatic heterocycles. The van der Waals surface area contributed by atoms with Crippen LogP contribution in [0.15, 0.2) is 77.8 Å². The van der Waals surface area contributed by atoms with Gasteiger partial charge in [0.15, 0.2) is 46.5 Å². The van der Waals surface area contributed by atoms with Gasteiger partial charge in [-0.2, -0.15) is 0 Å². The Morgan fingerprint density at radius 3 is 1.58 bits per heavy atom. The molecule has 0 saturated heterocycles. The zero-order valence-corrected chi connectivity index (χ0v) is 33.0. The van der Waals surface area contributed by atoms with Gasteiger partial charge in [0.1, 0.15) is 17.1 Å². The standard InChI is InChI=1S/C12H13F2NO2.C11H9F2NO2.C9H5F2NO2.C7H7F2N.CH4.HI.H2/c1-3-17-12(16)8(2)15-7-9-5-4-6-10(13)11(9)14;1-2-16-11(15)8-5-6-3-4-7(12)9(13)10(6)14-8;10-5-2-1-4-3-6(9(13)14)12-8(4)7(5)11;8-6-3-1-2-5(4-10)7(6)9;;;/h4-6H,3,7H2,1-2H3;3-5,14H,2H2,1H3;1-3,12H,(H,13,14);1-3H,4,10H2;1H4;2*1H. The fourth-order valence-corrected chi connectivity index (χ4v) is 4.59. The monoisotopic (exact) mass is 952 g/mol. The highest BCUT2D eigenvalue weighted by atomic mass is 127. The summed E-state index contributed by atoms with van der Waals surface area (Å²) in [6, 6.07) is 15.1. The normalized spacial score (nSPS) is 10.4. The molecule has 4 aromatic carbocycles. The van der Waals surface area contributed by atoms with Crippen LogP contribution < -0.4 is 5.73 Å². The average molecular weight is 953 g/mol. The first-order chi connectivity index (χ1) is 27.0. The Balaban J connectivity index is 0.000000772. The van der Waals surface area contributed by atoms with Gasteiger partial charge in [0.2, 0.25) is 0 Å². The van der Waals surface area contributed by atoms with Crippen molar-refractivity contribution >= 4 is 69.4 Å². The number of carboxylic acids is 1. The summed E-state index contributed by atoms with van der Waals surface area (Å²) in [7, 11) is 0. The number of carboxylic acid groups (broad SMARTS) is 1. The van der Waals surface area contributed by atoms with Crippen LogP contribution in [0.2, 0.25) is 0 Å². The molecule has 0 unspecified atom stereocenters. The van der Waals surface area contributed by atoms with E-state index in [0.29, 0.717) is 10.8 Å². The van der Waals surface area contributed by atoms with Crippen molar-refractivity contribution in [2.45, 2.75) is 41.3 Å². The highest BCUT2D eigenvalue weighted by molar-refractivity contribution is 14.0. The zero-order valence-electron chi connectivity index (χ0n) is 30.7. The first kappa shape index (κ1) is 51.2. The van der Waals surface area contributed by atoms with Gasteiger partial charge in [0, 0.05) is 29.9 Å². The van der Waals surface area contributed by atoms with Crippen LogP contribution in [0, 0.1) is 46.5 Å². The van der Waals surface area contributed by atoms with Gasteiger partial charge in [-0.25, -0.2) is 49.5 Å². The number of nitrogens with two attached hydrogens (primary N) is 1. The molecular weight excluding hydrogens is 911 g/mol. The summed E-state index contributed by atoms with van der Waals surface area (Å²) < 4.78 is 112. The van der Waals surface area contributed by atoms with Gasteiger partial charge >= 0.3 is 17.9 Å². The summed E-state index contributed by atoms with van der Waals surface area (Å²) in [5, 5.41) is 9.37. The van der Waals surface area contributed by atoms with Crippen LogP contribution in [-0.2, 0) is 27.4 Å². The van der Waals surface area contributed by atoms with E-state index in [0.717, 1.165) is 24.3 Å². The molecule has 59 heavy (non-hydrogen) atoms. The number of aromatic carboxylic acids is 1. The second kappa shape index (κ2) is 24.2. The predicted octanol–water partition coefficient (Wildman–Crippen LogP) is 10.2. The molecule has 5 N–H and O–H groups in total. The Morgan fingerprint density at radius 1 is 0.678 bits per heavy atom. The molecule has 320 valence electrons. The molecule has 0 aliphatic carbocycles. The fraction of sp³-hybridized carbons (Fsp3) is 0.200. The molecule has 0 bridgehead atoms. The van der Waals surface area contributed by atoms with Crippen molar-refractivity contribution in [3.05, 3.63) is 142 Å². The Kier molecular flexibility index (Phi) is 21.0. The molecular formula is C40H41F8IN4O6. The van der Waals surface area contributed by atoms with Crippen molar-refractivity contribution in [1.82, 2.24) is 9.97 Å². The summed E-state index contributed by atoms with van der Waals surface area (Å²) in [6.07, 6.45) is 0. The number of aromatic amines is 2. The number of fused-ring (bicyclic) bond motifs is 2. The summed E-state index contributed by atoms with van der Waals surface area (Å²) in [6.45, 7) is 5.23. The summed E-state index contributed by atoms with van der Waals surface area (Å²) in [5.74, 6) is -9.90. The number of aromatic nitrogens is 2. The van der Waals surface area contributed by atoms with Crippen LogP contribution in [0.5, 0.6) is 0 Å². The maximum absolute atomic E-state index is 13.3. The lowest BCUT2D eigenvalue weighted by Crippen LogP contribution is -2.14. The molecule has 2 aromatic heterocycles. The number of hydrogen-bond acceptors (Lipinski definition) is 7. The van der Waals surface area contributed by atoms with Gasteiger partial charge in [0.05, 0.1) is 30.8 Å². The van der Waals surface area contributed by atoms with E-state index in [4.69, 9.17) is 20.3 Å². The Morgan fingerprint density at radius 2 is 1.12 bits per heavy atom. The van der Waals surface area contributed by atoms with Gasteiger partial charge in [-0.3, -0.25) is 4.99 Å². The summed E-state index contributed by atoms with van der Waals surface area (Å²) in [4.78, 5) is 41.7. The number of ether oxygens (including phenoxy) is 2. The molecule has 2 heterocycles. The van der Waals surface area contributed by atoms with Crippen molar-refractivity contribution in [1.29, 1.82) is 0 Å². The van der Waals surface area contributed by atoms with Crippen LogP contribution in [-0.4, -0.2) is 51.9 Å². The van der Waals surface area contributed by atoms with Crippen LogP contribution in [0.25, 0.3) is 21.8 Å². The Bertz CT molecular complexity index is 2410. The second-order valence-corrected chi connectivity index (χ2v) is 11.3. The van der Waals surface area contributed by atoms with E-state index in [-0.39, 0.29) is 98.4 Å². The topological polar surface area (TPSA) is 160 Å². The number of nitrogens with one attached hydrogen (secondary N) is 2. The van der Waals surface area contributed by atoms with Crippen molar-refractivity contribution in [2.75, 3.05) is 13.2 Å². The number of benzene rings is 4. The van der Waals surface area contributed by atoms with E-state index in [1.807, 2.05) is 0 Å². The third-order valence-corrected chi connectivity index (χ3v) is 7.44. The van der Waals surface area contributed by atoms with Gasteiger partial charge < -0.3 is 30.3 Å². The minimum Gasteiger partial charge on any atom is -0.477 e. The summed E-state index contributed by atoms with van der Waals surface area (Å²) in [5.41, 5.74) is 5.36. The van der Waals surface area contributed by atoms with E-state index < -0.39 is 64.4 Å². The fourth-order valence-electron chi connectivity index (χ4n) is 4.59. The third kappa shape index (κ3) is 13.9. The molecule has 0 fully saturated rings. The van der Waals surface area contributed by atoms with Crippen LogP contribution in [0.4, 0.5) is 35.1 Å². The van der Waals surface area contributed by atoms with Gasteiger partial charge in [-0.1, -0.05) is 31.7 Å². The third-order valence-electron chi connectivity index (χ3n) is 7.44. The van der Waals surface area contributed by atoms with Crippen molar-refractivity contribution in [3.8, 4) is 0 Å². The van der Waals surface area contributed by atoms with Gasteiger partial charge in [0.25, 0.3) is 0 Å². The molecule has 0 aliphatic rings. The number of H-pyrrole nitrogens is 2. The second-order valence-electron chi connectivity index (χ2n) is 11.3. The molecule has 19 heteroatoms. The van der Waals surface area contributed by atoms with Crippen LogP contribution in [0.3, 0.4) is 0 Å². The van der Waals surface area contributed by atoms with E-state index in [1.54, 1.807) is 13.8 Å². The van der Waals surface area contributed by atoms with Crippen molar-refractivity contribution in [2.24, 2.45) is 10.7 Å². The lowest BCUT2D eigenvalue weighted by molar-refractivity contribution is -0.135. The maximum Gasteiger partial charge on any atom is 0.354 e. The molecule has 0 atom stereocenters. The van der Waals surface area contributed by atoms with Crippen molar-refractivity contribution in [3.63, 3.8) is 0 Å². The molecule has 6 aromatic rings. The zero-order chi connectivity index (χ0) is 42.4. The first-order valence-corrected chi connectivity index (χ1v) is 16.6.